The van der Waals surface area contributed by atoms with Crippen LogP contribution in [0.15, 0.2) is 36.4 Å². The molecular formula is C22H27ClF2N2. The van der Waals surface area contributed by atoms with Crippen LogP contribution in [0.3, 0.4) is 0 Å². The molecular weight excluding hydrogens is 366 g/mol. The van der Waals surface area contributed by atoms with Crippen LogP contribution in [0.1, 0.15) is 35.6 Å². The lowest BCUT2D eigenvalue weighted by Crippen LogP contribution is -2.43. The van der Waals surface area contributed by atoms with E-state index in [9.17, 15) is 4.39 Å². The van der Waals surface area contributed by atoms with Gasteiger partial charge < -0.3 is 10.2 Å². The van der Waals surface area contributed by atoms with Gasteiger partial charge in [-0.1, -0.05) is 30.7 Å². The fourth-order valence-electron chi connectivity index (χ4n) is 3.69. The summed E-state index contributed by atoms with van der Waals surface area (Å²) in [4.78, 5) is 2.34. The summed E-state index contributed by atoms with van der Waals surface area (Å²) < 4.78 is 28.5. The summed E-state index contributed by atoms with van der Waals surface area (Å²) in [5.41, 5.74) is 4.54. The highest BCUT2D eigenvalue weighted by atomic mass is 35.5. The van der Waals surface area contributed by atoms with Crippen LogP contribution in [0.5, 0.6) is 0 Å². The highest BCUT2D eigenvalue weighted by molar-refractivity contribution is 6.22. The summed E-state index contributed by atoms with van der Waals surface area (Å²) in [6, 6.07) is 10.3. The molecule has 0 aliphatic carbocycles. The van der Waals surface area contributed by atoms with Gasteiger partial charge in [0.05, 0.1) is 0 Å². The van der Waals surface area contributed by atoms with Gasteiger partial charge in [-0.05, 0) is 60.7 Å². The van der Waals surface area contributed by atoms with Crippen molar-refractivity contribution in [3.05, 3.63) is 64.5 Å². The van der Waals surface area contributed by atoms with Gasteiger partial charge in [-0.25, -0.2) is 8.78 Å². The summed E-state index contributed by atoms with van der Waals surface area (Å²) in [6.45, 7) is 7.76. The zero-order chi connectivity index (χ0) is 19.4. The summed E-state index contributed by atoms with van der Waals surface area (Å²) in [5, 5.41) is 1.41. The highest BCUT2D eigenvalue weighted by Gasteiger charge is 2.30. The van der Waals surface area contributed by atoms with Crippen LogP contribution in [-0.2, 0) is 18.0 Å². The molecule has 2 aromatic rings. The van der Waals surface area contributed by atoms with Crippen LogP contribution < -0.4 is 10.2 Å². The highest BCUT2D eigenvalue weighted by Crippen LogP contribution is 2.38. The number of halogens is 3. The van der Waals surface area contributed by atoms with E-state index in [1.807, 2.05) is 19.1 Å². The Kier molecular flexibility index (Phi) is 6.38. The maximum absolute atomic E-state index is 15.3. The third-order valence-corrected chi connectivity index (χ3v) is 5.76. The van der Waals surface area contributed by atoms with Gasteiger partial charge in [-0.15, -0.1) is 0 Å². The first kappa shape index (κ1) is 20.1. The number of rotatable bonds is 6. The van der Waals surface area contributed by atoms with Crippen LogP contribution in [-0.4, -0.2) is 26.2 Å². The fraction of sp³-hybridized carbons (Fsp3) is 0.455. The van der Waals surface area contributed by atoms with Gasteiger partial charge >= 0.3 is 0 Å². The summed E-state index contributed by atoms with van der Waals surface area (Å²) >= 11 is 6.30. The molecule has 2 nitrogen and oxygen atoms in total. The van der Waals surface area contributed by atoms with Gasteiger partial charge in [0, 0.05) is 43.9 Å². The van der Waals surface area contributed by atoms with Gasteiger partial charge in [0.25, 0.3) is 0 Å². The molecule has 0 spiro atoms. The molecule has 1 heterocycles. The molecule has 0 aromatic heterocycles. The molecule has 1 unspecified atom stereocenters. The van der Waals surface area contributed by atoms with Gasteiger partial charge in [-0.2, -0.15) is 0 Å². The van der Waals surface area contributed by atoms with Crippen molar-refractivity contribution in [3.63, 3.8) is 0 Å². The SMILES string of the molecule is CCc1cc(C(F)(Cl)CCc2ccc(F)cc2C)ccc1N1CCNCC1. The quantitative estimate of drug-likeness (QED) is 0.688. The van der Waals surface area contributed by atoms with Crippen molar-refractivity contribution in [3.8, 4) is 0 Å². The van der Waals surface area contributed by atoms with Crippen molar-refractivity contribution in [1.82, 2.24) is 5.32 Å². The minimum absolute atomic E-state index is 0.150. The number of benzene rings is 2. The first-order valence-electron chi connectivity index (χ1n) is 9.62. The smallest absolute Gasteiger partial charge is 0.209 e. The van der Waals surface area contributed by atoms with Gasteiger partial charge in [-0.3, -0.25) is 0 Å². The second-order valence-electron chi connectivity index (χ2n) is 7.21. The summed E-state index contributed by atoms with van der Waals surface area (Å²) in [7, 11) is 0. The molecule has 0 saturated carbocycles. The van der Waals surface area contributed by atoms with Crippen molar-refractivity contribution in [1.29, 1.82) is 0 Å². The topological polar surface area (TPSA) is 15.3 Å². The maximum atomic E-state index is 15.3. The fourth-order valence-corrected chi connectivity index (χ4v) is 3.90. The standard InChI is InChI=1S/C22H27ClF2N2/c1-3-17-15-19(5-7-21(17)27-12-10-26-11-13-27)22(23,25)9-8-18-4-6-20(24)14-16(18)2/h4-7,14-15,26H,3,8-13H2,1-2H3. The molecule has 27 heavy (non-hydrogen) atoms. The van der Waals surface area contributed by atoms with E-state index in [-0.39, 0.29) is 12.2 Å². The van der Waals surface area contributed by atoms with Crippen molar-refractivity contribution in [2.24, 2.45) is 0 Å². The van der Waals surface area contributed by atoms with Crippen molar-refractivity contribution in [2.45, 2.75) is 38.2 Å². The summed E-state index contributed by atoms with van der Waals surface area (Å²) in [6.07, 6.45) is 1.45. The number of aryl methyl sites for hydroxylation is 3. The van der Waals surface area contributed by atoms with E-state index in [1.165, 1.54) is 17.8 Å². The first-order chi connectivity index (χ1) is 12.9. The van der Waals surface area contributed by atoms with Crippen LogP contribution >= 0.6 is 11.6 Å². The Balaban J connectivity index is 1.77. The van der Waals surface area contributed by atoms with Crippen LogP contribution in [0, 0.1) is 12.7 Å². The molecule has 2 aromatic carbocycles. The Morgan fingerprint density at radius 1 is 1.11 bits per heavy atom. The number of anilines is 1. The number of alkyl halides is 2. The summed E-state index contributed by atoms with van der Waals surface area (Å²) in [5.74, 6) is -0.273. The van der Waals surface area contributed by atoms with Gasteiger partial charge in [0.2, 0.25) is 5.13 Å². The second-order valence-corrected chi connectivity index (χ2v) is 7.81. The average Bonchev–Trinajstić information content (AvgIpc) is 2.67. The lowest BCUT2D eigenvalue weighted by molar-refractivity contribution is 0.265. The van der Waals surface area contributed by atoms with Crippen LogP contribution in [0.2, 0.25) is 0 Å². The van der Waals surface area contributed by atoms with E-state index in [0.29, 0.717) is 12.0 Å². The van der Waals surface area contributed by atoms with Crippen LogP contribution in [0.4, 0.5) is 14.5 Å². The monoisotopic (exact) mass is 392 g/mol. The number of nitrogens with one attached hydrogen (secondary N) is 1. The normalized spacial score (nSPS) is 17.0. The molecule has 146 valence electrons. The molecule has 1 aliphatic heterocycles. The van der Waals surface area contributed by atoms with E-state index < -0.39 is 5.13 Å². The molecule has 1 fully saturated rings. The minimum Gasteiger partial charge on any atom is -0.369 e. The molecule has 1 atom stereocenters. The molecule has 3 rings (SSSR count). The Hall–Kier alpha value is -1.65. The van der Waals surface area contributed by atoms with Crippen LogP contribution in [0.25, 0.3) is 0 Å². The molecule has 0 radical (unpaired) electrons. The Morgan fingerprint density at radius 2 is 1.85 bits per heavy atom. The zero-order valence-corrected chi connectivity index (χ0v) is 16.8. The molecule has 5 heteroatoms. The molecule has 1 aliphatic rings. The largest absolute Gasteiger partial charge is 0.369 e. The van der Waals surface area contributed by atoms with E-state index in [2.05, 4.69) is 17.1 Å². The van der Waals surface area contributed by atoms with Crippen molar-refractivity contribution < 1.29 is 8.78 Å². The van der Waals surface area contributed by atoms with E-state index in [4.69, 9.17) is 11.6 Å². The number of hydrogen-bond acceptors (Lipinski definition) is 2. The predicted molar refractivity (Wildman–Crippen MR) is 109 cm³/mol. The number of nitrogens with zero attached hydrogens (tertiary/aromatic N) is 1. The predicted octanol–water partition coefficient (Wildman–Crippen LogP) is 5.10. The third kappa shape index (κ3) is 4.80. The van der Waals surface area contributed by atoms with Gasteiger partial charge in [0.1, 0.15) is 5.82 Å². The minimum atomic E-state index is -1.94. The molecule has 1 N–H and O–H groups in total. The maximum Gasteiger partial charge on any atom is 0.209 e. The average molecular weight is 393 g/mol. The lowest BCUT2D eigenvalue weighted by Gasteiger charge is -2.32. The van der Waals surface area contributed by atoms with E-state index >= 15 is 4.39 Å². The molecule has 0 amide bonds. The zero-order valence-electron chi connectivity index (χ0n) is 16.0. The Labute approximate surface area is 165 Å². The molecule has 0 bridgehead atoms. The molecule has 1 saturated heterocycles. The van der Waals surface area contributed by atoms with E-state index in [1.54, 1.807) is 12.1 Å². The first-order valence-corrected chi connectivity index (χ1v) is 10.0. The Bertz CT molecular complexity index is 786. The Morgan fingerprint density at radius 3 is 2.52 bits per heavy atom. The number of hydrogen-bond donors (Lipinski definition) is 1. The lowest BCUT2D eigenvalue weighted by atomic mass is 9.96. The van der Waals surface area contributed by atoms with E-state index in [0.717, 1.165) is 49.3 Å². The van der Waals surface area contributed by atoms with Crippen molar-refractivity contribution in [2.75, 3.05) is 31.1 Å². The second kappa shape index (κ2) is 8.57. The third-order valence-electron chi connectivity index (χ3n) is 5.35. The van der Waals surface area contributed by atoms with Gasteiger partial charge in [0.15, 0.2) is 0 Å². The number of piperazine rings is 1. The van der Waals surface area contributed by atoms with Crippen molar-refractivity contribution >= 4 is 17.3 Å².